The maximum absolute atomic E-state index is 12.5. The molecule has 1 aliphatic heterocycles. The average molecular weight is 403 g/mol. The fourth-order valence-electron chi connectivity index (χ4n) is 3.65. The van der Waals surface area contributed by atoms with Crippen LogP contribution in [0.25, 0.3) is 16.7 Å². The number of nitrogens with one attached hydrogen (secondary N) is 1. The van der Waals surface area contributed by atoms with E-state index < -0.39 is 4.92 Å². The number of nitrogens with zero attached hydrogens (tertiary/aromatic N) is 5. The third-order valence-electron chi connectivity index (χ3n) is 5.30. The van der Waals surface area contributed by atoms with Crippen LogP contribution in [0.4, 0.5) is 17.1 Å². The summed E-state index contributed by atoms with van der Waals surface area (Å²) in [5.74, 6) is 0.619. The number of nitro benzene ring substituents is 1. The lowest BCUT2D eigenvalue weighted by molar-refractivity contribution is -0.383. The summed E-state index contributed by atoms with van der Waals surface area (Å²) in [4.78, 5) is 32.6. The van der Waals surface area contributed by atoms with Crippen molar-refractivity contribution in [3.63, 3.8) is 0 Å². The number of hydrogen-bond donors (Lipinski definition) is 2. The number of nitro groups is 1. The first-order chi connectivity index (χ1) is 14.5. The first-order valence-electron chi connectivity index (χ1n) is 9.33. The smallest absolute Gasteiger partial charge is 0.292 e. The molecule has 3 heterocycles. The number of hydrogen-bond acceptors (Lipinski definition) is 7. The molecule has 0 unspecified atom stereocenters. The number of nitrogens with two attached hydrogens (primary N) is 1. The standard InChI is InChI=1S/C20H17N7O3/c21-16-8-14(6-7-17(16)27(29)30)25-10-12(11-25)18-23-19-15(20(28)24-18)9-22-26(19)13-4-2-1-3-5-13/h1-9,12H,10-11,21H2,(H,23,24,28). The van der Waals surface area contributed by atoms with Crippen LogP contribution < -0.4 is 16.2 Å². The van der Waals surface area contributed by atoms with Crippen LogP contribution >= 0.6 is 0 Å². The molecule has 4 aromatic rings. The fourth-order valence-corrected chi connectivity index (χ4v) is 3.65. The minimum Gasteiger partial charge on any atom is -0.393 e. The number of fused-ring (bicyclic) bond motifs is 1. The number of nitrogen functional groups attached to an aromatic ring is 1. The summed E-state index contributed by atoms with van der Waals surface area (Å²) in [6.45, 7) is 1.23. The second-order valence-electron chi connectivity index (χ2n) is 7.18. The van der Waals surface area contributed by atoms with E-state index in [0.29, 0.717) is 29.9 Å². The molecular formula is C20H17N7O3. The molecule has 0 atom stereocenters. The van der Waals surface area contributed by atoms with Gasteiger partial charge < -0.3 is 15.6 Å². The molecule has 150 valence electrons. The number of aromatic amines is 1. The average Bonchev–Trinajstić information content (AvgIpc) is 3.12. The Kier molecular flexibility index (Phi) is 3.98. The van der Waals surface area contributed by atoms with Crippen molar-refractivity contribution >= 4 is 28.1 Å². The van der Waals surface area contributed by atoms with Crippen LogP contribution in [0.1, 0.15) is 11.7 Å². The van der Waals surface area contributed by atoms with Gasteiger partial charge in [0.2, 0.25) is 0 Å². The minimum absolute atomic E-state index is 0.0256. The maximum atomic E-state index is 12.5. The van der Waals surface area contributed by atoms with Gasteiger partial charge >= 0.3 is 0 Å². The number of benzene rings is 2. The van der Waals surface area contributed by atoms with Crippen LogP contribution in [0.15, 0.2) is 59.5 Å². The van der Waals surface area contributed by atoms with Gasteiger partial charge in [0.15, 0.2) is 5.65 Å². The van der Waals surface area contributed by atoms with E-state index in [0.717, 1.165) is 11.4 Å². The van der Waals surface area contributed by atoms with Gasteiger partial charge in [0.25, 0.3) is 11.2 Å². The molecular weight excluding hydrogens is 386 g/mol. The van der Waals surface area contributed by atoms with Crippen LogP contribution in [0, 0.1) is 10.1 Å². The molecule has 0 saturated carbocycles. The van der Waals surface area contributed by atoms with Gasteiger partial charge in [0.05, 0.1) is 22.7 Å². The van der Waals surface area contributed by atoms with E-state index in [1.807, 2.05) is 35.2 Å². The highest BCUT2D eigenvalue weighted by Gasteiger charge is 2.31. The number of H-pyrrole nitrogens is 1. The van der Waals surface area contributed by atoms with Crippen LogP contribution in [0.3, 0.4) is 0 Å². The second kappa shape index (κ2) is 6.69. The van der Waals surface area contributed by atoms with Gasteiger partial charge in [-0.25, -0.2) is 9.67 Å². The third-order valence-corrected chi connectivity index (χ3v) is 5.30. The van der Waals surface area contributed by atoms with Crippen LogP contribution in [-0.4, -0.2) is 37.8 Å². The predicted molar refractivity (Wildman–Crippen MR) is 112 cm³/mol. The van der Waals surface area contributed by atoms with E-state index in [-0.39, 0.29) is 22.9 Å². The monoisotopic (exact) mass is 403 g/mol. The van der Waals surface area contributed by atoms with E-state index >= 15 is 0 Å². The van der Waals surface area contributed by atoms with E-state index in [1.54, 1.807) is 16.8 Å². The van der Waals surface area contributed by atoms with Crippen LogP contribution in [0.5, 0.6) is 0 Å². The van der Waals surface area contributed by atoms with Gasteiger partial charge in [-0.3, -0.25) is 14.9 Å². The highest BCUT2D eigenvalue weighted by Crippen LogP contribution is 2.33. The summed E-state index contributed by atoms with van der Waals surface area (Å²) in [7, 11) is 0. The second-order valence-corrected chi connectivity index (χ2v) is 7.18. The largest absolute Gasteiger partial charge is 0.393 e. The van der Waals surface area contributed by atoms with Crippen molar-refractivity contribution in [3.05, 3.63) is 81.0 Å². The van der Waals surface area contributed by atoms with Crippen molar-refractivity contribution in [3.8, 4) is 5.69 Å². The van der Waals surface area contributed by atoms with Gasteiger partial charge in [-0.1, -0.05) is 18.2 Å². The Morgan fingerprint density at radius 3 is 2.60 bits per heavy atom. The van der Waals surface area contributed by atoms with E-state index in [4.69, 9.17) is 5.73 Å². The molecule has 1 aliphatic rings. The Morgan fingerprint density at radius 2 is 1.90 bits per heavy atom. The van der Waals surface area contributed by atoms with Crippen molar-refractivity contribution in [1.82, 2.24) is 19.7 Å². The molecule has 0 amide bonds. The Bertz CT molecular complexity index is 1320. The Morgan fingerprint density at radius 1 is 1.13 bits per heavy atom. The zero-order chi connectivity index (χ0) is 20.8. The highest BCUT2D eigenvalue weighted by molar-refractivity contribution is 5.75. The van der Waals surface area contributed by atoms with Crippen molar-refractivity contribution in [2.45, 2.75) is 5.92 Å². The predicted octanol–water partition coefficient (Wildman–Crippen LogP) is 2.20. The van der Waals surface area contributed by atoms with E-state index in [2.05, 4.69) is 15.1 Å². The van der Waals surface area contributed by atoms with Gasteiger partial charge in [0.1, 0.15) is 16.9 Å². The highest BCUT2D eigenvalue weighted by atomic mass is 16.6. The molecule has 0 bridgehead atoms. The molecule has 1 fully saturated rings. The van der Waals surface area contributed by atoms with Crippen molar-refractivity contribution in [2.75, 3.05) is 23.7 Å². The number of anilines is 2. The topological polar surface area (TPSA) is 136 Å². The van der Waals surface area contributed by atoms with Gasteiger partial charge in [-0.2, -0.15) is 5.10 Å². The van der Waals surface area contributed by atoms with Gasteiger partial charge in [0, 0.05) is 24.8 Å². The molecule has 2 aromatic heterocycles. The Hall–Kier alpha value is -4.21. The zero-order valence-electron chi connectivity index (χ0n) is 15.7. The summed E-state index contributed by atoms with van der Waals surface area (Å²) in [6.07, 6.45) is 1.52. The molecule has 3 N–H and O–H groups in total. The zero-order valence-corrected chi connectivity index (χ0v) is 15.7. The molecule has 5 rings (SSSR count). The molecule has 30 heavy (non-hydrogen) atoms. The third kappa shape index (κ3) is 2.85. The molecule has 0 aliphatic carbocycles. The quantitative estimate of drug-likeness (QED) is 0.303. The summed E-state index contributed by atoms with van der Waals surface area (Å²) in [6, 6.07) is 14.2. The lowest BCUT2D eigenvalue weighted by atomic mass is 9.98. The molecule has 0 spiro atoms. The lowest BCUT2D eigenvalue weighted by Gasteiger charge is -2.40. The minimum atomic E-state index is -0.502. The maximum Gasteiger partial charge on any atom is 0.292 e. The summed E-state index contributed by atoms with van der Waals surface area (Å²) in [5.41, 5.74) is 7.72. The number of rotatable bonds is 4. The summed E-state index contributed by atoms with van der Waals surface area (Å²) < 4.78 is 1.65. The van der Waals surface area contributed by atoms with Crippen LogP contribution in [-0.2, 0) is 0 Å². The molecule has 2 aromatic carbocycles. The van der Waals surface area contributed by atoms with Crippen molar-refractivity contribution in [2.24, 2.45) is 0 Å². The first-order valence-corrected chi connectivity index (χ1v) is 9.33. The van der Waals surface area contributed by atoms with Crippen molar-refractivity contribution < 1.29 is 4.92 Å². The van der Waals surface area contributed by atoms with Gasteiger partial charge in [-0.15, -0.1) is 0 Å². The normalized spacial score (nSPS) is 14.1. The summed E-state index contributed by atoms with van der Waals surface area (Å²) in [5, 5.41) is 15.7. The number of para-hydroxylation sites is 1. The first kappa shape index (κ1) is 17.9. The summed E-state index contributed by atoms with van der Waals surface area (Å²) >= 11 is 0. The van der Waals surface area contributed by atoms with E-state index in [9.17, 15) is 14.9 Å². The Balaban J connectivity index is 1.42. The number of aromatic nitrogens is 4. The fraction of sp³-hybridized carbons (Fsp3) is 0.150. The van der Waals surface area contributed by atoms with Crippen LogP contribution in [0.2, 0.25) is 0 Å². The Labute approximate surface area is 169 Å². The molecule has 1 saturated heterocycles. The molecule has 0 radical (unpaired) electrons. The van der Waals surface area contributed by atoms with Crippen molar-refractivity contribution in [1.29, 1.82) is 0 Å². The lowest BCUT2D eigenvalue weighted by Crippen LogP contribution is -2.46. The van der Waals surface area contributed by atoms with Gasteiger partial charge in [-0.05, 0) is 24.3 Å². The molecule has 10 heteroatoms. The van der Waals surface area contributed by atoms with E-state index in [1.165, 1.54) is 12.3 Å². The molecule has 10 nitrogen and oxygen atoms in total. The SMILES string of the molecule is Nc1cc(N2CC(c3nc4c(cnn4-c4ccccc4)c(=O)[nH]3)C2)ccc1[N+](=O)[O-].